The third kappa shape index (κ3) is 7.80. The number of hydrogen-bond acceptors (Lipinski definition) is 5. The van der Waals surface area contributed by atoms with Crippen LogP contribution in [0.2, 0.25) is 0 Å². The summed E-state index contributed by atoms with van der Waals surface area (Å²) in [5.41, 5.74) is 2.39. The van der Waals surface area contributed by atoms with E-state index in [-0.39, 0.29) is 5.92 Å². The molecule has 1 fully saturated rings. The maximum absolute atomic E-state index is 13.5. The van der Waals surface area contributed by atoms with Crippen molar-refractivity contribution in [2.24, 2.45) is 5.92 Å². The molecule has 0 aromatic heterocycles. The molecule has 0 spiro atoms. The summed E-state index contributed by atoms with van der Waals surface area (Å²) in [5.74, 6) is -0.137. The Morgan fingerprint density at radius 1 is 1.11 bits per heavy atom. The zero-order valence-electron chi connectivity index (χ0n) is 21.8. The highest BCUT2D eigenvalue weighted by atomic mass is 16.6. The van der Waals surface area contributed by atoms with Crippen LogP contribution in [0.1, 0.15) is 62.8 Å². The second-order valence-corrected chi connectivity index (χ2v) is 10.8. The zero-order chi connectivity index (χ0) is 26.3. The molecule has 7 heteroatoms. The van der Waals surface area contributed by atoms with Crippen molar-refractivity contribution in [1.29, 1.82) is 0 Å². The lowest BCUT2D eigenvalue weighted by atomic mass is 9.86. The molecule has 0 saturated carbocycles. The fourth-order valence-corrected chi connectivity index (χ4v) is 4.60. The highest BCUT2D eigenvalue weighted by molar-refractivity contribution is 5.86. The third-order valence-corrected chi connectivity index (χ3v) is 6.65. The monoisotopic (exact) mass is 496 g/mol. The number of carbonyl (C=O) groups is 2. The Bertz CT molecular complexity index is 987. The lowest BCUT2D eigenvalue weighted by Crippen LogP contribution is -2.57. The quantitative estimate of drug-likeness (QED) is 0.510. The van der Waals surface area contributed by atoms with Crippen molar-refractivity contribution in [2.75, 3.05) is 13.2 Å². The fraction of sp³-hybridized carbons (Fsp3) is 0.517. The van der Waals surface area contributed by atoms with Crippen molar-refractivity contribution in [2.45, 2.75) is 77.2 Å². The van der Waals surface area contributed by atoms with E-state index >= 15 is 0 Å². The molecule has 2 aromatic carbocycles. The Kier molecular flexibility index (Phi) is 9.51. The van der Waals surface area contributed by atoms with Gasteiger partial charge in [0, 0.05) is 6.54 Å². The topological polar surface area (TPSA) is 99.1 Å². The van der Waals surface area contributed by atoms with Gasteiger partial charge in [-0.25, -0.2) is 4.79 Å². The Morgan fingerprint density at radius 3 is 2.39 bits per heavy atom. The van der Waals surface area contributed by atoms with Crippen molar-refractivity contribution in [1.82, 2.24) is 10.2 Å². The number of piperidine rings is 1. The molecular weight excluding hydrogens is 456 g/mol. The summed E-state index contributed by atoms with van der Waals surface area (Å²) >= 11 is 0. The summed E-state index contributed by atoms with van der Waals surface area (Å²) in [6.07, 6.45) is 1.49. The van der Waals surface area contributed by atoms with E-state index in [2.05, 4.69) is 36.5 Å². The molecule has 1 aliphatic heterocycles. The van der Waals surface area contributed by atoms with E-state index in [4.69, 9.17) is 4.74 Å². The van der Waals surface area contributed by atoms with E-state index in [0.717, 1.165) is 19.3 Å². The first-order chi connectivity index (χ1) is 17.1. The molecule has 1 saturated heterocycles. The first kappa shape index (κ1) is 27.7. The van der Waals surface area contributed by atoms with Crippen LogP contribution in [0, 0.1) is 12.8 Å². The Balaban J connectivity index is 1.72. The largest absolute Gasteiger partial charge is 0.444 e. The standard InChI is InChI=1S/C29H40N2O5/c1-20-10-12-21(13-11-20)14-15-22-16-17-31(28(35)36-29(2,3)4)25(18-22)27(34)30-24(19-32)26(33)23-8-6-5-7-9-23/h5-13,22,24-26,32-33H,14-19H2,1-4H3,(H,30,34). The van der Waals surface area contributed by atoms with Gasteiger partial charge in [0.1, 0.15) is 17.7 Å². The molecule has 36 heavy (non-hydrogen) atoms. The number of benzene rings is 2. The summed E-state index contributed by atoms with van der Waals surface area (Å²) in [7, 11) is 0. The van der Waals surface area contributed by atoms with Gasteiger partial charge in [-0.3, -0.25) is 9.69 Å². The van der Waals surface area contributed by atoms with Crippen molar-refractivity contribution < 1.29 is 24.5 Å². The third-order valence-electron chi connectivity index (χ3n) is 6.65. The number of likely N-dealkylation sites (tertiary alicyclic amines) is 1. The average Bonchev–Trinajstić information content (AvgIpc) is 2.85. The molecular formula is C29H40N2O5. The molecule has 0 aliphatic carbocycles. The molecule has 1 heterocycles. The molecule has 0 bridgehead atoms. The van der Waals surface area contributed by atoms with Gasteiger partial charge in [0.25, 0.3) is 0 Å². The molecule has 3 N–H and O–H groups in total. The summed E-state index contributed by atoms with van der Waals surface area (Å²) in [5, 5.41) is 23.5. The summed E-state index contributed by atoms with van der Waals surface area (Å²) in [6, 6.07) is 15.7. The van der Waals surface area contributed by atoms with Crippen molar-refractivity contribution in [3.63, 3.8) is 0 Å². The van der Waals surface area contributed by atoms with Gasteiger partial charge in [0.15, 0.2) is 0 Å². The summed E-state index contributed by atoms with van der Waals surface area (Å²) < 4.78 is 5.59. The fourth-order valence-electron chi connectivity index (χ4n) is 4.60. The Labute approximate surface area is 214 Å². The van der Waals surface area contributed by atoms with Crippen LogP contribution in [-0.4, -0.2) is 57.9 Å². The SMILES string of the molecule is Cc1ccc(CCC2CCN(C(=O)OC(C)(C)C)C(C(=O)NC(CO)C(O)c3ccccc3)C2)cc1. The van der Waals surface area contributed by atoms with E-state index < -0.39 is 42.4 Å². The summed E-state index contributed by atoms with van der Waals surface area (Å²) in [6.45, 7) is 7.44. The van der Waals surface area contributed by atoms with E-state index in [1.165, 1.54) is 16.0 Å². The maximum Gasteiger partial charge on any atom is 0.410 e. The number of hydrogen-bond donors (Lipinski definition) is 3. The molecule has 7 nitrogen and oxygen atoms in total. The smallest absolute Gasteiger partial charge is 0.410 e. The van der Waals surface area contributed by atoms with Gasteiger partial charge in [-0.05, 0) is 70.4 Å². The number of aryl methyl sites for hydroxylation is 2. The molecule has 4 atom stereocenters. The second-order valence-electron chi connectivity index (χ2n) is 10.8. The van der Waals surface area contributed by atoms with Crippen LogP contribution in [0.4, 0.5) is 4.79 Å². The van der Waals surface area contributed by atoms with Gasteiger partial charge >= 0.3 is 6.09 Å². The van der Waals surface area contributed by atoms with Crippen molar-refractivity contribution in [3.8, 4) is 0 Å². The Morgan fingerprint density at radius 2 is 1.78 bits per heavy atom. The van der Waals surface area contributed by atoms with Gasteiger partial charge in [0.2, 0.25) is 5.91 Å². The highest BCUT2D eigenvalue weighted by Gasteiger charge is 2.39. The predicted octanol–water partition coefficient (Wildman–Crippen LogP) is 4.15. The first-order valence-corrected chi connectivity index (χ1v) is 12.8. The van der Waals surface area contributed by atoms with Gasteiger partial charge < -0.3 is 20.3 Å². The van der Waals surface area contributed by atoms with Gasteiger partial charge in [-0.15, -0.1) is 0 Å². The lowest BCUT2D eigenvalue weighted by molar-refractivity contribution is -0.130. The van der Waals surface area contributed by atoms with Crippen molar-refractivity contribution >= 4 is 12.0 Å². The molecule has 4 unspecified atom stereocenters. The van der Waals surface area contributed by atoms with Crippen LogP contribution in [0.15, 0.2) is 54.6 Å². The minimum absolute atomic E-state index is 0.257. The van der Waals surface area contributed by atoms with E-state index in [9.17, 15) is 19.8 Å². The van der Waals surface area contributed by atoms with Crippen LogP contribution in [-0.2, 0) is 16.0 Å². The normalized spacial score (nSPS) is 19.9. The van der Waals surface area contributed by atoms with Crippen LogP contribution in [0.25, 0.3) is 0 Å². The second kappa shape index (κ2) is 12.4. The van der Waals surface area contributed by atoms with Crippen LogP contribution in [0.5, 0.6) is 0 Å². The minimum atomic E-state index is -1.07. The van der Waals surface area contributed by atoms with Gasteiger partial charge in [-0.1, -0.05) is 60.2 Å². The number of ether oxygens (including phenoxy) is 1. The van der Waals surface area contributed by atoms with E-state index in [1.807, 2.05) is 6.07 Å². The van der Waals surface area contributed by atoms with E-state index in [0.29, 0.717) is 18.5 Å². The minimum Gasteiger partial charge on any atom is -0.444 e. The number of amides is 2. The molecule has 0 radical (unpaired) electrons. The number of aliphatic hydroxyl groups is 2. The molecule has 2 aromatic rings. The van der Waals surface area contributed by atoms with Gasteiger partial charge in [0.05, 0.1) is 12.6 Å². The number of aliphatic hydroxyl groups excluding tert-OH is 2. The van der Waals surface area contributed by atoms with Crippen LogP contribution < -0.4 is 5.32 Å². The molecule has 196 valence electrons. The van der Waals surface area contributed by atoms with E-state index in [1.54, 1.807) is 45.0 Å². The van der Waals surface area contributed by atoms with Crippen LogP contribution in [0.3, 0.4) is 0 Å². The number of nitrogens with one attached hydrogen (secondary N) is 1. The first-order valence-electron chi connectivity index (χ1n) is 12.8. The maximum atomic E-state index is 13.5. The summed E-state index contributed by atoms with van der Waals surface area (Å²) in [4.78, 5) is 27.9. The average molecular weight is 497 g/mol. The van der Waals surface area contributed by atoms with Crippen molar-refractivity contribution in [3.05, 3.63) is 71.3 Å². The zero-order valence-corrected chi connectivity index (χ0v) is 21.8. The molecule has 3 rings (SSSR count). The highest BCUT2D eigenvalue weighted by Crippen LogP contribution is 2.29. The molecule has 2 amide bonds. The Hall–Kier alpha value is -2.90. The van der Waals surface area contributed by atoms with Gasteiger partial charge in [-0.2, -0.15) is 0 Å². The van der Waals surface area contributed by atoms with Crippen LogP contribution >= 0.6 is 0 Å². The number of nitrogens with zero attached hydrogens (tertiary/aromatic N) is 1. The predicted molar refractivity (Wildman–Crippen MR) is 139 cm³/mol. The number of carbonyl (C=O) groups excluding carboxylic acids is 2. The lowest BCUT2D eigenvalue weighted by Gasteiger charge is -2.40. The molecule has 1 aliphatic rings. The number of rotatable bonds is 8.